The maximum absolute atomic E-state index is 11.7. The number of methoxy groups -OCH3 is 1. The molecule has 0 saturated heterocycles. The fourth-order valence-electron chi connectivity index (χ4n) is 4.23. The number of carbonyl (C=O) groups excluding carboxylic acids is 3. The van der Waals surface area contributed by atoms with Crippen molar-refractivity contribution in [2.75, 3.05) is 27.9 Å². The Kier molecular flexibility index (Phi) is 13.8. The molecule has 1 aliphatic rings. The van der Waals surface area contributed by atoms with Crippen LogP contribution in [0.1, 0.15) is 71.6 Å². The molecule has 0 amide bonds. The van der Waals surface area contributed by atoms with E-state index in [-0.39, 0.29) is 42.3 Å². The molecule has 0 aromatic rings. The van der Waals surface area contributed by atoms with Gasteiger partial charge in [-0.3, -0.25) is 14.4 Å². The van der Waals surface area contributed by atoms with E-state index in [0.717, 1.165) is 37.1 Å². The Bertz CT molecular complexity index is 692. The van der Waals surface area contributed by atoms with Gasteiger partial charge in [0.1, 0.15) is 20.3 Å². The molecule has 0 aliphatic heterocycles. The summed E-state index contributed by atoms with van der Waals surface area (Å²) in [6.45, 7) is 3.21. The van der Waals surface area contributed by atoms with Gasteiger partial charge in [0.2, 0.25) is 0 Å². The molecule has 0 bridgehead atoms. The van der Waals surface area contributed by atoms with E-state index >= 15 is 0 Å². The van der Waals surface area contributed by atoms with Crippen molar-refractivity contribution in [1.82, 2.24) is 0 Å². The Morgan fingerprint density at radius 1 is 0.909 bits per heavy atom. The molecule has 10 heteroatoms. The van der Waals surface area contributed by atoms with Crippen molar-refractivity contribution in [2.45, 2.75) is 77.7 Å². The zero-order valence-electron chi connectivity index (χ0n) is 20.5. The quantitative estimate of drug-likeness (QED) is 0.117. The molecule has 0 N–H and O–H groups in total. The summed E-state index contributed by atoms with van der Waals surface area (Å²) in [4.78, 5) is 44.3. The highest BCUT2D eigenvalue weighted by atomic mass is 16.6. The molecular weight excluding hydrogens is 432 g/mol. The highest BCUT2D eigenvalue weighted by Gasteiger charge is 2.43. The third kappa shape index (κ3) is 11.2. The minimum Gasteiger partial charge on any atom is -0.469 e. The van der Waals surface area contributed by atoms with E-state index in [0.29, 0.717) is 32.3 Å². The predicted octanol–water partition coefficient (Wildman–Crippen LogP) is 3.42. The lowest BCUT2D eigenvalue weighted by atomic mass is 9.85. The number of hydrogen-bond donors (Lipinski definition) is 0. The first-order valence-corrected chi connectivity index (χ1v) is 11.4. The van der Waals surface area contributed by atoms with Crippen molar-refractivity contribution < 1.29 is 38.3 Å². The standard InChI is InChI=1S/C23H38N2O8/c1-16(26)32-14-8-6-7-9-18(24-30-4)10-11-20-19(12-13-23(28)29-3)21(25-31-5)15-22(20)33-17(2)27/h19-20,22H,6-15H2,1-5H3/b24-18-,25-21+. The maximum atomic E-state index is 11.7. The van der Waals surface area contributed by atoms with E-state index in [1.165, 1.54) is 35.2 Å². The molecule has 0 heterocycles. The molecular formula is C23H38N2O8. The Labute approximate surface area is 196 Å². The van der Waals surface area contributed by atoms with E-state index in [9.17, 15) is 14.4 Å². The fourth-order valence-corrected chi connectivity index (χ4v) is 4.23. The van der Waals surface area contributed by atoms with Crippen LogP contribution < -0.4 is 0 Å². The van der Waals surface area contributed by atoms with Crippen LogP contribution in [0.5, 0.6) is 0 Å². The molecule has 0 aromatic carbocycles. The summed E-state index contributed by atoms with van der Waals surface area (Å²) in [5.74, 6) is -1.01. The van der Waals surface area contributed by atoms with Gasteiger partial charge in [-0.1, -0.05) is 10.3 Å². The van der Waals surface area contributed by atoms with Crippen LogP contribution in [-0.2, 0) is 38.3 Å². The first-order chi connectivity index (χ1) is 15.8. The molecule has 10 nitrogen and oxygen atoms in total. The first-order valence-electron chi connectivity index (χ1n) is 11.4. The highest BCUT2D eigenvalue weighted by Crippen LogP contribution is 2.39. The second-order valence-electron chi connectivity index (χ2n) is 8.03. The van der Waals surface area contributed by atoms with Crippen LogP contribution in [0, 0.1) is 11.8 Å². The van der Waals surface area contributed by atoms with E-state index in [1.807, 2.05) is 0 Å². The molecule has 188 valence electrons. The van der Waals surface area contributed by atoms with Crippen molar-refractivity contribution in [3.8, 4) is 0 Å². The summed E-state index contributed by atoms with van der Waals surface area (Å²) in [7, 11) is 4.35. The highest BCUT2D eigenvalue weighted by molar-refractivity contribution is 5.90. The number of esters is 3. The van der Waals surface area contributed by atoms with Crippen molar-refractivity contribution in [3.63, 3.8) is 0 Å². The molecule has 3 atom stereocenters. The lowest BCUT2D eigenvalue weighted by molar-refractivity contribution is -0.149. The summed E-state index contributed by atoms with van der Waals surface area (Å²) in [5, 5.41) is 8.33. The molecule has 3 unspecified atom stereocenters. The largest absolute Gasteiger partial charge is 0.469 e. The predicted molar refractivity (Wildman–Crippen MR) is 122 cm³/mol. The molecule has 33 heavy (non-hydrogen) atoms. The fraction of sp³-hybridized carbons (Fsp3) is 0.783. The number of ether oxygens (including phenoxy) is 3. The summed E-state index contributed by atoms with van der Waals surface area (Å²) >= 11 is 0. The van der Waals surface area contributed by atoms with E-state index in [2.05, 4.69) is 10.3 Å². The molecule has 0 radical (unpaired) electrons. The minimum absolute atomic E-state index is 0.0292. The summed E-state index contributed by atoms with van der Waals surface area (Å²) < 4.78 is 15.3. The summed E-state index contributed by atoms with van der Waals surface area (Å²) in [6, 6.07) is 0. The van der Waals surface area contributed by atoms with Gasteiger partial charge < -0.3 is 23.9 Å². The number of hydrogen-bond acceptors (Lipinski definition) is 10. The Morgan fingerprint density at radius 3 is 2.27 bits per heavy atom. The smallest absolute Gasteiger partial charge is 0.305 e. The zero-order chi connectivity index (χ0) is 24.6. The number of rotatable bonds is 15. The SMILES string of the molecule is CO/N=C(/CCCCCOC(C)=O)CCC1C(OC(C)=O)C/C(=N\OC)C1CCC(=O)OC. The van der Waals surface area contributed by atoms with Crippen LogP contribution in [0.4, 0.5) is 0 Å². The number of oxime groups is 2. The Morgan fingerprint density at radius 2 is 1.67 bits per heavy atom. The summed E-state index contributed by atoms with van der Waals surface area (Å²) in [6.07, 6.45) is 5.61. The van der Waals surface area contributed by atoms with Gasteiger partial charge in [0.15, 0.2) is 0 Å². The molecule has 1 rings (SSSR count). The van der Waals surface area contributed by atoms with Crippen LogP contribution in [0.2, 0.25) is 0 Å². The summed E-state index contributed by atoms with van der Waals surface area (Å²) in [5.41, 5.74) is 1.70. The van der Waals surface area contributed by atoms with Crippen molar-refractivity contribution >= 4 is 29.3 Å². The monoisotopic (exact) mass is 470 g/mol. The average Bonchev–Trinajstić information content (AvgIpc) is 3.07. The van der Waals surface area contributed by atoms with Gasteiger partial charge in [-0.15, -0.1) is 0 Å². The van der Waals surface area contributed by atoms with Crippen LogP contribution >= 0.6 is 0 Å². The van der Waals surface area contributed by atoms with Crippen LogP contribution in [0.25, 0.3) is 0 Å². The molecule has 1 fully saturated rings. The number of carbonyl (C=O) groups is 3. The van der Waals surface area contributed by atoms with Crippen molar-refractivity contribution in [1.29, 1.82) is 0 Å². The zero-order valence-corrected chi connectivity index (χ0v) is 20.5. The van der Waals surface area contributed by atoms with Crippen LogP contribution in [-0.4, -0.2) is 63.4 Å². The van der Waals surface area contributed by atoms with E-state index < -0.39 is 0 Å². The van der Waals surface area contributed by atoms with Gasteiger partial charge in [-0.2, -0.15) is 0 Å². The topological polar surface area (TPSA) is 122 Å². The average molecular weight is 471 g/mol. The third-order valence-electron chi connectivity index (χ3n) is 5.65. The number of unbranched alkanes of at least 4 members (excludes halogenated alkanes) is 2. The van der Waals surface area contributed by atoms with Crippen molar-refractivity contribution in [2.24, 2.45) is 22.1 Å². The molecule has 1 aliphatic carbocycles. The van der Waals surface area contributed by atoms with Gasteiger partial charge >= 0.3 is 17.9 Å². The lowest BCUT2D eigenvalue weighted by Gasteiger charge is -2.24. The maximum Gasteiger partial charge on any atom is 0.305 e. The third-order valence-corrected chi connectivity index (χ3v) is 5.65. The van der Waals surface area contributed by atoms with E-state index in [1.54, 1.807) is 0 Å². The van der Waals surface area contributed by atoms with Crippen molar-refractivity contribution in [3.05, 3.63) is 0 Å². The second-order valence-corrected chi connectivity index (χ2v) is 8.03. The normalized spacial score (nSPS) is 21.5. The minimum atomic E-state index is -0.353. The first kappa shape index (κ1) is 28.4. The molecule has 0 aromatic heterocycles. The molecule has 0 spiro atoms. The van der Waals surface area contributed by atoms with Gasteiger partial charge in [0, 0.05) is 38.5 Å². The van der Waals surface area contributed by atoms with Gasteiger partial charge in [-0.25, -0.2) is 0 Å². The Balaban J connectivity index is 2.80. The van der Waals surface area contributed by atoms with Crippen LogP contribution in [0.15, 0.2) is 10.3 Å². The van der Waals surface area contributed by atoms with E-state index in [4.69, 9.17) is 23.9 Å². The van der Waals surface area contributed by atoms with Gasteiger partial charge in [0.05, 0.1) is 25.1 Å². The van der Waals surface area contributed by atoms with Crippen LogP contribution in [0.3, 0.4) is 0 Å². The lowest BCUT2D eigenvalue weighted by Crippen LogP contribution is -2.26. The molecule has 1 saturated carbocycles. The second kappa shape index (κ2) is 16.0. The number of nitrogens with zero attached hydrogens (tertiary/aromatic N) is 2. The van der Waals surface area contributed by atoms with Gasteiger partial charge in [0.25, 0.3) is 0 Å². The Hall–Kier alpha value is -2.65. The van der Waals surface area contributed by atoms with Gasteiger partial charge in [-0.05, 0) is 44.9 Å².